The number of benzene rings is 2. The molecular weight excluding hydrogens is 225 g/mol. The van der Waals surface area contributed by atoms with Crippen LogP contribution in [0, 0.1) is 0 Å². The van der Waals surface area contributed by atoms with Crippen molar-refractivity contribution in [1.82, 2.24) is 0 Å². The topological polar surface area (TPSA) is 26.3 Å². The van der Waals surface area contributed by atoms with Gasteiger partial charge in [-0.25, -0.2) is 0 Å². The molecule has 0 aromatic heterocycles. The molecule has 0 N–H and O–H groups in total. The molecular formula is C12H10FNOS. The second-order valence-corrected chi connectivity index (χ2v) is 4.43. The summed E-state index contributed by atoms with van der Waals surface area (Å²) in [7, 11) is 0. The Balaban J connectivity index is 2.20. The zero-order valence-corrected chi connectivity index (χ0v) is 9.23. The molecule has 0 amide bonds. The fourth-order valence-corrected chi connectivity index (χ4v) is 2.16. The van der Waals surface area contributed by atoms with Crippen LogP contribution in [0.5, 0.6) is 0 Å². The Kier molecular flexibility index (Phi) is 3.44. The van der Waals surface area contributed by atoms with E-state index in [9.17, 15) is 9.03 Å². The van der Waals surface area contributed by atoms with E-state index in [1.54, 1.807) is 60.7 Å². The number of anilines is 1. The van der Waals surface area contributed by atoms with Crippen LogP contribution in [0.1, 0.15) is 0 Å². The van der Waals surface area contributed by atoms with Crippen LogP contribution in [0.3, 0.4) is 0 Å². The van der Waals surface area contributed by atoms with E-state index in [1.165, 1.54) is 0 Å². The van der Waals surface area contributed by atoms with E-state index in [0.29, 0.717) is 4.90 Å². The lowest BCUT2D eigenvalue weighted by Crippen LogP contribution is -2.22. The summed E-state index contributed by atoms with van der Waals surface area (Å²) >= 11 is -1.81. The molecule has 0 radical (unpaired) electrons. The average molecular weight is 235 g/mol. The van der Waals surface area contributed by atoms with Crippen LogP contribution in [0.15, 0.2) is 65.6 Å². The second kappa shape index (κ2) is 5.01. The Morgan fingerprint density at radius 1 is 0.875 bits per heavy atom. The number of rotatable bonds is 3. The molecule has 1 unspecified atom stereocenters. The van der Waals surface area contributed by atoms with Crippen LogP contribution >= 0.6 is 0 Å². The van der Waals surface area contributed by atoms with E-state index in [-0.39, 0.29) is 10.2 Å². The average Bonchev–Trinajstić information content (AvgIpc) is 2.39. The lowest BCUT2D eigenvalue weighted by Gasteiger charge is -2.15. The maximum atomic E-state index is 13.7. The normalized spacial score (nSPS) is 12.1. The van der Waals surface area contributed by atoms with Crippen molar-refractivity contribution in [2.24, 2.45) is 0 Å². The van der Waals surface area contributed by atoms with Gasteiger partial charge in [0.05, 0.1) is 0 Å². The number of hydrogen-bond donors (Lipinski definition) is 0. The van der Waals surface area contributed by atoms with Gasteiger partial charge >= 0.3 is 0 Å². The minimum Gasteiger partial charge on any atom is -0.586 e. The van der Waals surface area contributed by atoms with Crippen molar-refractivity contribution >= 4 is 17.0 Å². The first-order valence-electron chi connectivity index (χ1n) is 4.77. The first-order chi connectivity index (χ1) is 7.79. The van der Waals surface area contributed by atoms with Crippen molar-refractivity contribution in [2.45, 2.75) is 4.90 Å². The summed E-state index contributed by atoms with van der Waals surface area (Å²) in [6.45, 7) is 0. The molecule has 1 atom stereocenters. The standard InChI is InChI=1S/C12H10FNOS/c13-14(11-7-3-1-4-8-11)16(15)12-9-5-2-6-10-12/h1-10H. The van der Waals surface area contributed by atoms with Gasteiger partial charge in [0, 0.05) is 0 Å². The summed E-state index contributed by atoms with van der Waals surface area (Å²) in [6.07, 6.45) is 0. The third-order valence-electron chi connectivity index (χ3n) is 2.05. The SMILES string of the molecule is [O-][S+](c1ccccc1)N(F)c1ccccc1. The van der Waals surface area contributed by atoms with Crippen LogP contribution in [0.25, 0.3) is 0 Å². The smallest absolute Gasteiger partial charge is 0.182 e. The van der Waals surface area contributed by atoms with Crippen molar-refractivity contribution in [3.05, 3.63) is 60.7 Å². The molecule has 0 bridgehead atoms. The summed E-state index contributed by atoms with van der Waals surface area (Å²) in [5.41, 5.74) is 0.282. The monoisotopic (exact) mass is 235 g/mol. The molecule has 0 aliphatic rings. The summed E-state index contributed by atoms with van der Waals surface area (Å²) in [4.78, 5) is 0.439. The molecule has 2 aromatic carbocycles. The third-order valence-corrected chi connectivity index (χ3v) is 3.23. The summed E-state index contributed by atoms with van der Waals surface area (Å²) in [5, 5.41) is 0. The first kappa shape index (κ1) is 11.0. The fourth-order valence-electron chi connectivity index (χ4n) is 1.27. The molecule has 0 spiro atoms. The Hall–Kier alpha value is -1.52. The van der Waals surface area contributed by atoms with Crippen molar-refractivity contribution in [1.29, 1.82) is 0 Å². The number of hydrogen-bond acceptors (Lipinski definition) is 2. The Morgan fingerprint density at radius 3 is 1.94 bits per heavy atom. The predicted molar refractivity (Wildman–Crippen MR) is 62.9 cm³/mol. The summed E-state index contributed by atoms with van der Waals surface area (Å²) in [5.74, 6) is 0. The number of para-hydroxylation sites is 1. The van der Waals surface area contributed by atoms with E-state index in [4.69, 9.17) is 0 Å². The second-order valence-electron chi connectivity index (χ2n) is 3.14. The van der Waals surface area contributed by atoms with Crippen LogP contribution in [-0.2, 0) is 11.4 Å². The molecule has 2 rings (SSSR count). The highest BCUT2D eigenvalue weighted by molar-refractivity contribution is 7.92. The van der Waals surface area contributed by atoms with Crippen LogP contribution in [-0.4, -0.2) is 4.55 Å². The quantitative estimate of drug-likeness (QED) is 0.603. The lowest BCUT2D eigenvalue weighted by molar-refractivity contribution is 0.495. The number of halogens is 1. The van der Waals surface area contributed by atoms with E-state index in [2.05, 4.69) is 0 Å². The minimum absolute atomic E-state index is 0.259. The van der Waals surface area contributed by atoms with Crippen molar-refractivity contribution < 1.29 is 9.03 Å². The largest absolute Gasteiger partial charge is 0.586 e. The van der Waals surface area contributed by atoms with Gasteiger partial charge in [-0.3, -0.25) is 0 Å². The predicted octanol–water partition coefficient (Wildman–Crippen LogP) is 3.10. The molecule has 0 fully saturated rings. The Labute approximate surface area is 96.6 Å². The Morgan fingerprint density at radius 2 is 1.38 bits per heavy atom. The number of nitrogens with zero attached hydrogens (tertiary/aromatic N) is 1. The van der Waals surface area contributed by atoms with Gasteiger partial charge < -0.3 is 4.55 Å². The maximum absolute atomic E-state index is 13.7. The van der Waals surface area contributed by atoms with E-state index < -0.39 is 11.4 Å². The molecule has 82 valence electrons. The van der Waals surface area contributed by atoms with Crippen molar-refractivity contribution in [2.75, 3.05) is 4.53 Å². The molecule has 4 heteroatoms. The maximum Gasteiger partial charge on any atom is 0.182 e. The fraction of sp³-hybridized carbons (Fsp3) is 0. The van der Waals surface area contributed by atoms with Gasteiger partial charge in [-0.05, 0) is 28.8 Å². The van der Waals surface area contributed by atoms with Gasteiger partial charge in [-0.2, -0.15) is 0 Å². The molecule has 0 saturated heterocycles. The summed E-state index contributed by atoms with van der Waals surface area (Å²) < 4.78 is 25.8. The molecule has 0 aliphatic carbocycles. The van der Waals surface area contributed by atoms with Gasteiger partial charge in [0.15, 0.2) is 4.90 Å². The van der Waals surface area contributed by atoms with E-state index >= 15 is 0 Å². The highest BCUT2D eigenvalue weighted by Gasteiger charge is 2.22. The summed E-state index contributed by atoms with van der Waals surface area (Å²) in [6, 6.07) is 16.8. The van der Waals surface area contributed by atoms with Crippen molar-refractivity contribution in [3.8, 4) is 0 Å². The van der Waals surface area contributed by atoms with Gasteiger partial charge in [-0.1, -0.05) is 40.9 Å². The molecule has 2 nitrogen and oxygen atoms in total. The lowest BCUT2D eigenvalue weighted by atomic mass is 10.3. The van der Waals surface area contributed by atoms with Gasteiger partial charge in [0.2, 0.25) is 0 Å². The highest BCUT2D eigenvalue weighted by atomic mass is 32.2. The van der Waals surface area contributed by atoms with E-state index in [1.807, 2.05) is 0 Å². The first-order valence-corrected chi connectivity index (χ1v) is 5.87. The molecule has 16 heavy (non-hydrogen) atoms. The zero-order chi connectivity index (χ0) is 11.4. The molecule has 0 heterocycles. The van der Waals surface area contributed by atoms with Gasteiger partial charge in [-0.15, -0.1) is 0 Å². The molecule has 0 saturated carbocycles. The minimum atomic E-state index is -1.81. The molecule has 2 aromatic rings. The molecule has 0 aliphatic heterocycles. The third kappa shape index (κ3) is 2.35. The van der Waals surface area contributed by atoms with Crippen LogP contribution in [0.2, 0.25) is 0 Å². The van der Waals surface area contributed by atoms with E-state index in [0.717, 1.165) is 0 Å². The van der Waals surface area contributed by atoms with Gasteiger partial charge in [0.1, 0.15) is 17.0 Å². The van der Waals surface area contributed by atoms with Crippen LogP contribution < -0.4 is 4.53 Å². The van der Waals surface area contributed by atoms with Crippen LogP contribution in [0.4, 0.5) is 10.2 Å². The highest BCUT2D eigenvalue weighted by Crippen LogP contribution is 2.23. The van der Waals surface area contributed by atoms with Gasteiger partial charge in [0.25, 0.3) is 0 Å². The zero-order valence-electron chi connectivity index (χ0n) is 8.42. The Bertz CT molecular complexity index is 394. The van der Waals surface area contributed by atoms with Crippen molar-refractivity contribution in [3.63, 3.8) is 0 Å².